The molecule has 0 aliphatic carbocycles. The Kier molecular flexibility index (Phi) is 3.64. The molecule has 0 aliphatic rings. The van der Waals surface area contributed by atoms with E-state index in [2.05, 4.69) is 70.2 Å². The summed E-state index contributed by atoms with van der Waals surface area (Å²) in [5.41, 5.74) is 6.87. The molecule has 6 rings (SSSR count). The van der Waals surface area contributed by atoms with Crippen LogP contribution in [0, 0.1) is 6.92 Å². The van der Waals surface area contributed by atoms with E-state index < -0.39 is 0 Å². The van der Waals surface area contributed by atoms with Crippen molar-refractivity contribution in [3.05, 3.63) is 78.2 Å². The van der Waals surface area contributed by atoms with Crippen LogP contribution < -0.4 is 0 Å². The van der Waals surface area contributed by atoms with Crippen molar-refractivity contribution in [3.8, 4) is 11.3 Å². The molecule has 31 heavy (non-hydrogen) atoms. The fourth-order valence-corrected chi connectivity index (χ4v) is 4.68. The normalized spacial score (nSPS) is 12.5. The molecule has 0 aliphatic heterocycles. The highest BCUT2D eigenvalue weighted by atomic mass is 16.3. The fraction of sp³-hybridized carbons (Fsp3) is 0.179. The Morgan fingerprint density at radius 1 is 0.839 bits per heavy atom. The van der Waals surface area contributed by atoms with Gasteiger partial charge in [-0.3, -0.25) is 4.98 Å². The molecule has 3 heterocycles. The molecular weight excluding hydrogens is 382 g/mol. The molecule has 6 aromatic rings. The Morgan fingerprint density at radius 2 is 1.68 bits per heavy atom. The maximum absolute atomic E-state index is 6.37. The molecule has 0 fully saturated rings. The van der Waals surface area contributed by atoms with Gasteiger partial charge in [-0.1, -0.05) is 45.0 Å². The summed E-state index contributed by atoms with van der Waals surface area (Å²) in [4.78, 5) is 4.76. The van der Waals surface area contributed by atoms with E-state index in [4.69, 9.17) is 13.8 Å². The van der Waals surface area contributed by atoms with Crippen molar-refractivity contribution in [2.75, 3.05) is 0 Å². The number of rotatable bonds is 1. The topological polar surface area (TPSA) is 39.2 Å². The zero-order chi connectivity index (χ0) is 21.3. The van der Waals surface area contributed by atoms with Gasteiger partial charge >= 0.3 is 0 Å². The summed E-state index contributed by atoms with van der Waals surface area (Å²) in [6.07, 6.45) is 3.68. The Bertz CT molecular complexity index is 1630. The molecular formula is C28H23NO2. The lowest BCUT2D eigenvalue weighted by molar-refractivity contribution is 0.596. The number of furan rings is 2. The lowest BCUT2D eigenvalue weighted by Crippen LogP contribution is -2.12. The average Bonchev–Trinajstić information content (AvgIpc) is 3.32. The molecule has 3 aromatic heterocycles. The second-order valence-corrected chi connectivity index (χ2v) is 9.37. The van der Waals surface area contributed by atoms with E-state index in [1.165, 1.54) is 16.3 Å². The van der Waals surface area contributed by atoms with Crippen LogP contribution in [0.4, 0.5) is 0 Å². The van der Waals surface area contributed by atoms with Gasteiger partial charge in [0.2, 0.25) is 0 Å². The second kappa shape index (κ2) is 6.21. The second-order valence-electron chi connectivity index (χ2n) is 9.37. The molecule has 0 radical (unpaired) electrons. The van der Waals surface area contributed by atoms with Gasteiger partial charge in [-0.05, 0) is 64.6 Å². The third-order valence-electron chi connectivity index (χ3n) is 6.23. The van der Waals surface area contributed by atoms with E-state index in [0.29, 0.717) is 0 Å². The SMILES string of the molecule is Cc1coc2c1ccc1oc3c(-c4cc(C(C)(C)C)c5ccccc5c4)nccc3c12. The van der Waals surface area contributed by atoms with Crippen LogP contribution in [0.25, 0.3) is 54.9 Å². The standard InChI is InChI=1S/C28H23NO2/c1-16-15-30-26-19(16)9-10-23-24(26)21-11-12-29-25(27(21)31-23)18-13-17-7-5-6-8-20(17)22(14-18)28(2,3)4/h5-15H,1-4H3. The number of fused-ring (bicyclic) bond motifs is 6. The van der Waals surface area contributed by atoms with Gasteiger partial charge in [0.05, 0.1) is 11.6 Å². The molecule has 3 heteroatoms. The lowest BCUT2D eigenvalue weighted by Gasteiger charge is -2.22. The fourth-order valence-electron chi connectivity index (χ4n) is 4.68. The first kappa shape index (κ1) is 18.2. The summed E-state index contributed by atoms with van der Waals surface area (Å²) in [5, 5.41) is 5.66. The van der Waals surface area contributed by atoms with Crippen molar-refractivity contribution in [1.29, 1.82) is 0 Å². The van der Waals surface area contributed by atoms with Crippen molar-refractivity contribution in [2.24, 2.45) is 0 Å². The maximum Gasteiger partial charge on any atom is 0.161 e. The van der Waals surface area contributed by atoms with Crippen LogP contribution in [0.15, 0.2) is 75.9 Å². The summed E-state index contributed by atoms with van der Waals surface area (Å²) < 4.78 is 12.3. The number of hydrogen-bond donors (Lipinski definition) is 0. The first-order valence-electron chi connectivity index (χ1n) is 10.6. The average molecular weight is 405 g/mol. The van der Waals surface area contributed by atoms with Gasteiger partial charge < -0.3 is 8.83 Å². The van der Waals surface area contributed by atoms with Gasteiger partial charge in [-0.15, -0.1) is 0 Å². The van der Waals surface area contributed by atoms with Crippen molar-refractivity contribution >= 4 is 43.7 Å². The number of aryl methyl sites for hydroxylation is 1. The van der Waals surface area contributed by atoms with E-state index in [9.17, 15) is 0 Å². The molecule has 0 saturated carbocycles. The molecule has 0 spiro atoms. The van der Waals surface area contributed by atoms with Gasteiger partial charge in [0.25, 0.3) is 0 Å². The van der Waals surface area contributed by atoms with Crippen molar-refractivity contribution in [2.45, 2.75) is 33.1 Å². The van der Waals surface area contributed by atoms with Crippen molar-refractivity contribution in [3.63, 3.8) is 0 Å². The zero-order valence-electron chi connectivity index (χ0n) is 18.1. The quantitative estimate of drug-likeness (QED) is 0.277. The molecule has 152 valence electrons. The zero-order valence-corrected chi connectivity index (χ0v) is 18.1. The Labute approximate surface area is 180 Å². The minimum absolute atomic E-state index is 0.00917. The number of aromatic nitrogens is 1. The minimum atomic E-state index is 0.00917. The molecule has 3 nitrogen and oxygen atoms in total. The highest BCUT2D eigenvalue weighted by molar-refractivity contribution is 6.19. The van der Waals surface area contributed by atoms with E-state index in [1.807, 2.05) is 24.6 Å². The van der Waals surface area contributed by atoms with Crippen LogP contribution in [0.1, 0.15) is 31.9 Å². The largest absolute Gasteiger partial charge is 0.463 e. The number of hydrogen-bond acceptors (Lipinski definition) is 3. The van der Waals surface area contributed by atoms with Crippen molar-refractivity contribution < 1.29 is 8.83 Å². The predicted molar refractivity (Wildman–Crippen MR) is 128 cm³/mol. The van der Waals surface area contributed by atoms with Gasteiger partial charge in [0, 0.05) is 22.5 Å². The molecule has 0 N–H and O–H groups in total. The Hall–Kier alpha value is -3.59. The number of pyridine rings is 1. The van der Waals surface area contributed by atoms with Gasteiger partial charge in [-0.2, -0.15) is 0 Å². The first-order chi connectivity index (χ1) is 14.9. The van der Waals surface area contributed by atoms with Crippen LogP contribution in [-0.4, -0.2) is 4.98 Å². The molecule has 0 saturated heterocycles. The monoisotopic (exact) mass is 405 g/mol. The predicted octanol–water partition coefficient (Wildman–Crippen LogP) is 8.15. The highest BCUT2D eigenvalue weighted by Gasteiger charge is 2.21. The van der Waals surface area contributed by atoms with Crippen molar-refractivity contribution in [1.82, 2.24) is 4.98 Å². The van der Waals surface area contributed by atoms with Crippen LogP contribution in [0.3, 0.4) is 0 Å². The number of benzene rings is 3. The summed E-state index contributed by atoms with van der Waals surface area (Å²) in [5.74, 6) is 0. The number of nitrogens with zero attached hydrogens (tertiary/aromatic N) is 1. The summed E-state index contributed by atoms with van der Waals surface area (Å²) in [7, 11) is 0. The molecule has 3 aromatic carbocycles. The van der Waals surface area contributed by atoms with Crippen LogP contribution in [0.2, 0.25) is 0 Å². The van der Waals surface area contributed by atoms with E-state index in [0.717, 1.165) is 49.7 Å². The van der Waals surface area contributed by atoms with Gasteiger partial charge in [0.15, 0.2) is 5.58 Å². The summed E-state index contributed by atoms with van der Waals surface area (Å²) in [6.45, 7) is 8.83. The molecule has 0 amide bonds. The summed E-state index contributed by atoms with van der Waals surface area (Å²) >= 11 is 0. The van der Waals surface area contributed by atoms with Gasteiger partial charge in [0.1, 0.15) is 16.9 Å². The van der Waals surface area contributed by atoms with Crippen LogP contribution in [0.5, 0.6) is 0 Å². The van der Waals surface area contributed by atoms with E-state index in [1.54, 1.807) is 0 Å². The smallest absolute Gasteiger partial charge is 0.161 e. The lowest BCUT2D eigenvalue weighted by atomic mass is 9.82. The molecule has 0 unspecified atom stereocenters. The molecule has 0 bridgehead atoms. The minimum Gasteiger partial charge on any atom is -0.463 e. The summed E-state index contributed by atoms with van der Waals surface area (Å²) in [6, 6.07) is 19.2. The van der Waals surface area contributed by atoms with E-state index >= 15 is 0 Å². The Balaban J connectivity index is 1.71. The maximum atomic E-state index is 6.37. The van der Waals surface area contributed by atoms with Gasteiger partial charge in [-0.25, -0.2) is 0 Å². The first-order valence-corrected chi connectivity index (χ1v) is 10.6. The highest BCUT2D eigenvalue weighted by Crippen LogP contribution is 2.41. The van der Waals surface area contributed by atoms with E-state index in [-0.39, 0.29) is 5.41 Å². The molecule has 0 atom stereocenters. The Morgan fingerprint density at radius 3 is 2.52 bits per heavy atom. The van der Waals surface area contributed by atoms with Crippen LogP contribution in [-0.2, 0) is 5.41 Å². The third kappa shape index (κ3) is 2.63. The third-order valence-corrected chi connectivity index (χ3v) is 6.23. The van der Waals surface area contributed by atoms with Crippen LogP contribution >= 0.6 is 0 Å².